The fraction of sp³-hybridized carbons (Fsp3) is 0.600. The third-order valence-corrected chi connectivity index (χ3v) is 3.84. The van der Waals surface area contributed by atoms with Gasteiger partial charge in [-0.2, -0.15) is 0 Å². The van der Waals surface area contributed by atoms with Crippen molar-refractivity contribution in [3.05, 3.63) is 29.3 Å². The van der Waals surface area contributed by atoms with Gasteiger partial charge in [0.2, 0.25) is 0 Å². The molecule has 5 nitrogen and oxygen atoms in total. The molecule has 2 rings (SSSR count). The van der Waals surface area contributed by atoms with Crippen LogP contribution in [0.1, 0.15) is 12.8 Å². The number of nitrogens with one attached hydrogen (secondary N) is 1. The van der Waals surface area contributed by atoms with Crippen LogP contribution in [-0.2, 0) is 4.74 Å². The molecule has 0 radical (unpaired) electrons. The highest BCUT2D eigenvalue weighted by atomic mass is 35.5. The first-order valence-corrected chi connectivity index (χ1v) is 7.53. The fourth-order valence-corrected chi connectivity index (χ4v) is 2.40. The van der Waals surface area contributed by atoms with E-state index in [0.29, 0.717) is 49.9 Å². The molecule has 1 aliphatic heterocycles. The van der Waals surface area contributed by atoms with E-state index < -0.39 is 11.7 Å². The smallest absolute Gasteiger partial charge is 0.138 e. The highest BCUT2D eigenvalue weighted by Crippen LogP contribution is 2.23. The van der Waals surface area contributed by atoms with Crippen LogP contribution in [0, 0.1) is 0 Å². The van der Waals surface area contributed by atoms with Gasteiger partial charge in [-0.3, -0.25) is 0 Å². The summed E-state index contributed by atoms with van der Waals surface area (Å²) >= 11 is 5.96. The van der Waals surface area contributed by atoms with Gasteiger partial charge in [-0.1, -0.05) is 23.7 Å². The minimum atomic E-state index is -0.735. The van der Waals surface area contributed by atoms with Crippen LogP contribution < -0.4 is 10.1 Å². The Labute approximate surface area is 129 Å². The first-order chi connectivity index (χ1) is 10.1. The molecule has 3 N–H and O–H groups in total. The third-order valence-electron chi connectivity index (χ3n) is 3.53. The molecule has 1 aromatic carbocycles. The number of halogens is 1. The van der Waals surface area contributed by atoms with E-state index in [9.17, 15) is 10.2 Å². The fourth-order valence-electron chi connectivity index (χ4n) is 2.21. The van der Waals surface area contributed by atoms with Crippen molar-refractivity contribution in [3.8, 4) is 5.75 Å². The van der Waals surface area contributed by atoms with E-state index in [2.05, 4.69) is 5.32 Å². The van der Waals surface area contributed by atoms with Crippen LogP contribution in [0.3, 0.4) is 0 Å². The van der Waals surface area contributed by atoms with Crippen molar-refractivity contribution >= 4 is 11.6 Å². The molecule has 1 aromatic rings. The van der Waals surface area contributed by atoms with Gasteiger partial charge in [-0.05, 0) is 12.1 Å². The summed E-state index contributed by atoms with van der Waals surface area (Å²) in [6.07, 6.45) is 0.572. The largest absolute Gasteiger partial charge is 0.489 e. The number of para-hydroxylation sites is 1. The van der Waals surface area contributed by atoms with Gasteiger partial charge < -0.3 is 25.0 Å². The van der Waals surface area contributed by atoms with Crippen LogP contribution in [0.5, 0.6) is 5.75 Å². The molecule has 1 fully saturated rings. The second-order valence-electron chi connectivity index (χ2n) is 5.36. The molecule has 0 saturated carbocycles. The molecule has 1 heterocycles. The molecule has 0 aromatic heterocycles. The van der Waals surface area contributed by atoms with Crippen LogP contribution in [0.2, 0.25) is 5.02 Å². The van der Waals surface area contributed by atoms with E-state index in [4.69, 9.17) is 21.1 Å². The SMILES string of the molecule is OC(CNCC1(O)CCOCC1)COc1ccccc1Cl. The lowest BCUT2D eigenvalue weighted by atomic mass is 9.94. The first-order valence-electron chi connectivity index (χ1n) is 7.15. The highest BCUT2D eigenvalue weighted by Gasteiger charge is 2.29. The van der Waals surface area contributed by atoms with Gasteiger partial charge in [0.05, 0.1) is 10.6 Å². The number of aliphatic hydroxyl groups excluding tert-OH is 1. The van der Waals surface area contributed by atoms with Crippen molar-refractivity contribution in [1.82, 2.24) is 5.32 Å². The molecular formula is C15H22ClNO4. The maximum Gasteiger partial charge on any atom is 0.138 e. The number of aliphatic hydroxyl groups is 2. The van der Waals surface area contributed by atoms with Crippen LogP contribution in [0.15, 0.2) is 24.3 Å². The summed E-state index contributed by atoms with van der Waals surface area (Å²) < 4.78 is 10.7. The number of ether oxygens (including phenoxy) is 2. The van der Waals surface area contributed by atoms with Gasteiger partial charge in [-0.15, -0.1) is 0 Å². The van der Waals surface area contributed by atoms with Crippen LogP contribution in [0.4, 0.5) is 0 Å². The summed E-state index contributed by atoms with van der Waals surface area (Å²) in [4.78, 5) is 0. The number of benzene rings is 1. The molecule has 0 amide bonds. The quantitative estimate of drug-likeness (QED) is 0.705. The predicted molar refractivity (Wildman–Crippen MR) is 80.8 cm³/mol. The molecule has 1 atom stereocenters. The maximum absolute atomic E-state index is 10.3. The van der Waals surface area contributed by atoms with E-state index in [1.807, 2.05) is 12.1 Å². The molecule has 1 unspecified atom stereocenters. The average Bonchev–Trinajstić information content (AvgIpc) is 2.47. The third kappa shape index (κ3) is 5.45. The zero-order valence-electron chi connectivity index (χ0n) is 11.9. The van der Waals surface area contributed by atoms with Crippen molar-refractivity contribution in [2.75, 3.05) is 32.9 Å². The molecule has 1 aliphatic rings. The zero-order valence-corrected chi connectivity index (χ0v) is 12.7. The van der Waals surface area contributed by atoms with Crippen LogP contribution >= 0.6 is 11.6 Å². The second-order valence-corrected chi connectivity index (χ2v) is 5.77. The van der Waals surface area contributed by atoms with E-state index in [0.717, 1.165) is 0 Å². The molecular weight excluding hydrogens is 294 g/mol. The molecule has 0 spiro atoms. The van der Waals surface area contributed by atoms with Gasteiger partial charge in [0.15, 0.2) is 0 Å². The average molecular weight is 316 g/mol. The summed E-state index contributed by atoms with van der Waals surface area (Å²) in [7, 11) is 0. The normalized spacial score (nSPS) is 19.2. The first kappa shape index (κ1) is 16.5. The van der Waals surface area contributed by atoms with E-state index >= 15 is 0 Å². The van der Waals surface area contributed by atoms with E-state index in [1.54, 1.807) is 12.1 Å². The monoisotopic (exact) mass is 315 g/mol. The molecule has 118 valence electrons. The number of rotatable bonds is 7. The van der Waals surface area contributed by atoms with Crippen LogP contribution in [0.25, 0.3) is 0 Å². The molecule has 21 heavy (non-hydrogen) atoms. The molecule has 6 heteroatoms. The van der Waals surface area contributed by atoms with E-state index in [1.165, 1.54) is 0 Å². The maximum atomic E-state index is 10.3. The standard InChI is InChI=1S/C15H22ClNO4/c16-13-3-1-2-4-14(13)21-10-12(18)9-17-11-15(19)5-7-20-8-6-15/h1-4,12,17-19H,5-11H2. The van der Waals surface area contributed by atoms with E-state index in [-0.39, 0.29) is 6.61 Å². The Bertz CT molecular complexity index is 437. The van der Waals surface area contributed by atoms with Crippen molar-refractivity contribution in [2.24, 2.45) is 0 Å². The second kappa shape index (κ2) is 7.96. The van der Waals surface area contributed by atoms with Crippen molar-refractivity contribution in [3.63, 3.8) is 0 Å². The summed E-state index contributed by atoms with van der Waals surface area (Å²) in [6.45, 7) is 2.11. The summed E-state index contributed by atoms with van der Waals surface area (Å²) in [5.41, 5.74) is -0.735. The molecule has 0 aliphatic carbocycles. The van der Waals surface area contributed by atoms with Crippen molar-refractivity contribution in [1.29, 1.82) is 0 Å². The highest BCUT2D eigenvalue weighted by molar-refractivity contribution is 6.32. The molecule has 1 saturated heterocycles. The summed E-state index contributed by atoms with van der Waals surface area (Å²) in [5, 5.41) is 23.7. The van der Waals surface area contributed by atoms with Gasteiger partial charge in [-0.25, -0.2) is 0 Å². The van der Waals surface area contributed by atoms with Gasteiger partial charge in [0.1, 0.15) is 18.5 Å². The van der Waals surface area contributed by atoms with Crippen molar-refractivity contribution < 1.29 is 19.7 Å². The Hall–Kier alpha value is -0.850. The Morgan fingerprint density at radius 3 is 2.76 bits per heavy atom. The Balaban J connectivity index is 1.65. The summed E-state index contributed by atoms with van der Waals surface area (Å²) in [6, 6.07) is 7.14. The Morgan fingerprint density at radius 1 is 1.33 bits per heavy atom. The van der Waals surface area contributed by atoms with Gasteiger partial charge in [0.25, 0.3) is 0 Å². The predicted octanol–water partition coefficient (Wildman–Crippen LogP) is 1.21. The lowest BCUT2D eigenvalue weighted by Crippen LogP contribution is -2.47. The number of hydrogen-bond donors (Lipinski definition) is 3. The van der Waals surface area contributed by atoms with Gasteiger partial charge in [0, 0.05) is 39.1 Å². The summed E-state index contributed by atoms with van der Waals surface area (Å²) in [5.74, 6) is 0.557. The van der Waals surface area contributed by atoms with Gasteiger partial charge >= 0.3 is 0 Å². The minimum absolute atomic E-state index is 0.151. The van der Waals surface area contributed by atoms with Crippen molar-refractivity contribution in [2.45, 2.75) is 24.5 Å². The zero-order chi connectivity index (χ0) is 15.1. The lowest BCUT2D eigenvalue weighted by Gasteiger charge is -2.32. The number of hydrogen-bond acceptors (Lipinski definition) is 5. The molecule has 0 bridgehead atoms. The van der Waals surface area contributed by atoms with Crippen LogP contribution in [-0.4, -0.2) is 54.8 Å². The Morgan fingerprint density at radius 2 is 2.05 bits per heavy atom. The minimum Gasteiger partial charge on any atom is -0.489 e. The lowest BCUT2D eigenvalue weighted by molar-refractivity contribution is -0.0626. The topological polar surface area (TPSA) is 71.0 Å². The Kier molecular flexibility index (Phi) is 6.26.